The standard InChI is InChI=1S/C16H25NO/c1-11(16(2,3)4)10-17-14-9-8-13-12(14)6-5-7-15(13)18/h5-7,11,14,17-18H,8-10H2,1-4H3. The molecule has 2 atom stereocenters. The van der Waals surface area contributed by atoms with Gasteiger partial charge < -0.3 is 10.4 Å². The van der Waals surface area contributed by atoms with Gasteiger partial charge in [0.05, 0.1) is 0 Å². The number of rotatable bonds is 3. The summed E-state index contributed by atoms with van der Waals surface area (Å²) in [7, 11) is 0. The van der Waals surface area contributed by atoms with Crippen molar-refractivity contribution in [3.63, 3.8) is 0 Å². The zero-order valence-corrected chi connectivity index (χ0v) is 12.0. The van der Waals surface area contributed by atoms with Crippen LogP contribution in [-0.2, 0) is 6.42 Å². The fourth-order valence-electron chi connectivity index (χ4n) is 2.47. The van der Waals surface area contributed by atoms with Crippen LogP contribution in [0.3, 0.4) is 0 Å². The van der Waals surface area contributed by atoms with Gasteiger partial charge in [-0.15, -0.1) is 0 Å². The number of benzene rings is 1. The van der Waals surface area contributed by atoms with Crippen LogP contribution in [0.2, 0.25) is 0 Å². The van der Waals surface area contributed by atoms with Crippen molar-refractivity contribution in [1.29, 1.82) is 0 Å². The highest BCUT2D eigenvalue weighted by molar-refractivity contribution is 5.44. The predicted molar refractivity (Wildman–Crippen MR) is 75.8 cm³/mol. The Morgan fingerprint density at radius 3 is 2.78 bits per heavy atom. The van der Waals surface area contributed by atoms with Crippen molar-refractivity contribution < 1.29 is 5.11 Å². The van der Waals surface area contributed by atoms with Gasteiger partial charge in [0.15, 0.2) is 0 Å². The largest absolute Gasteiger partial charge is 0.508 e. The topological polar surface area (TPSA) is 32.3 Å². The Hall–Kier alpha value is -1.02. The Kier molecular flexibility index (Phi) is 3.67. The molecular formula is C16H25NO. The molecule has 1 aromatic rings. The quantitative estimate of drug-likeness (QED) is 0.854. The number of nitrogens with one attached hydrogen (secondary N) is 1. The van der Waals surface area contributed by atoms with E-state index in [1.54, 1.807) is 6.07 Å². The summed E-state index contributed by atoms with van der Waals surface area (Å²) in [6, 6.07) is 6.29. The first-order chi connectivity index (χ1) is 8.39. The number of fused-ring (bicyclic) bond motifs is 1. The first kappa shape index (κ1) is 13.4. The molecule has 0 saturated heterocycles. The first-order valence-electron chi connectivity index (χ1n) is 6.93. The summed E-state index contributed by atoms with van der Waals surface area (Å²) in [5.74, 6) is 1.10. The van der Waals surface area contributed by atoms with Crippen LogP contribution in [-0.4, -0.2) is 11.7 Å². The van der Waals surface area contributed by atoms with Gasteiger partial charge in [-0.1, -0.05) is 39.8 Å². The number of phenols is 1. The van der Waals surface area contributed by atoms with Gasteiger partial charge in [0.1, 0.15) is 5.75 Å². The third-order valence-corrected chi connectivity index (χ3v) is 4.39. The van der Waals surface area contributed by atoms with Crippen LogP contribution in [0.1, 0.15) is 51.3 Å². The highest BCUT2D eigenvalue weighted by atomic mass is 16.3. The van der Waals surface area contributed by atoms with Crippen LogP contribution in [0.25, 0.3) is 0 Å². The lowest BCUT2D eigenvalue weighted by Gasteiger charge is -2.29. The van der Waals surface area contributed by atoms with E-state index >= 15 is 0 Å². The monoisotopic (exact) mass is 247 g/mol. The average Bonchev–Trinajstić information content (AvgIpc) is 2.69. The van der Waals surface area contributed by atoms with E-state index < -0.39 is 0 Å². The molecule has 18 heavy (non-hydrogen) atoms. The zero-order chi connectivity index (χ0) is 13.3. The fraction of sp³-hybridized carbons (Fsp3) is 0.625. The van der Waals surface area contributed by atoms with Gasteiger partial charge in [0.2, 0.25) is 0 Å². The van der Waals surface area contributed by atoms with Crippen LogP contribution in [0.4, 0.5) is 0 Å². The molecule has 0 saturated carbocycles. The summed E-state index contributed by atoms with van der Waals surface area (Å²) < 4.78 is 0. The lowest BCUT2D eigenvalue weighted by atomic mass is 9.82. The fourth-order valence-corrected chi connectivity index (χ4v) is 2.47. The van der Waals surface area contributed by atoms with Gasteiger partial charge in [0, 0.05) is 6.04 Å². The average molecular weight is 247 g/mol. The number of phenolic OH excluding ortho intramolecular Hbond substituents is 1. The maximum atomic E-state index is 9.83. The van der Waals surface area contributed by atoms with E-state index in [-0.39, 0.29) is 0 Å². The minimum atomic E-state index is 0.341. The molecule has 0 heterocycles. The van der Waals surface area contributed by atoms with E-state index in [0.717, 1.165) is 24.9 Å². The lowest BCUT2D eigenvalue weighted by Crippen LogP contribution is -2.31. The van der Waals surface area contributed by atoms with Crippen molar-refractivity contribution in [1.82, 2.24) is 5.32 Å². The summed E-state index contributed by atoms with van der Waals surface area (Å²) in [4.78, 5) is 0. The van der Waals surface area contributed by atoms with Crippen LogP contribution in [0, 0.1) is 11.3 Å². The highest BCUT2D eigenvalue weighted by Crippen LogP contribution is 2.36. The number of hydrogen-bond donors (Lipinski definition) is 2. The van der Waals surface area contributed by atoms with Gasteiger partial charge in [0.25, 0.3) is 0 Å². The smallest absolute Gasteiger partial charge is 0.119 e. The third-order valence-electron chi connectivity index (χ3n) is 4.39. The van der Waals surface area contributed by atoms with Crippen molar-refractivity contribution in [2.45, 2.75) is 46.6 Å². The molecule has 2 N–H and O–H groups in total. The molecule has 2 unspecified atom stereocenters. The molecule has 2 nitrogen and oxygen atoms in total. The molecule has 2 rings (SSSR count). The van der Waals surface area contributed by atoms with Gasteiger partial charge in [-0.2, -0.15) is 0 Å². The summed E-state index contributed by atoms with van der Waals surface area (Å²) in [6.07, 6.45) is 2.09. The molecule has 2 heteroatoms. The Balaban J connectivity index is 2.01. The molecule has 1 aromatic carbocycles. The number of aromatic hydroxyl groups is 1. The van der Waals surface area contributed by atoms with Crippen molar-refractivity contribution in [2.75, 3.05) is 6.54 Å². The van der Waals surface area contributed by atoms with Crippen molar-refractivity contribution in [2.24, 2.45) is 11.3 Å². The second-order valence-corrected chi connectivity index (χ2v) is 6.61. The van der Waals surface area contributed by atoms with E-state index in [9.17, 15) is 5.11 Å². The molecule has 0 bridgehead atoms. The predicted octanol–water partition coefficient (Wildman–Crippen LogP) is 3.65. The Morgan fingerprint density at radius 1 is 1.39 bits per heavy atom. The van der Waals surface area contributed by atoms with Crippen molar-refractivity contribution in [3.8, 4) is 5.75 Å². The van der Waals surface area contributed by atoms with Crippen molar-refractivity contribution in [3.05, 3.63) is 29.3 Å². The molecule has 0 fully saturated rings. The minimum absolute atomic E-state index is 0.341. The lowest BCUT2D eigenvalue weighted by molar-refractivity contribution is 0.245. The van der Waals surface area contributed by atoms with Gasteiger partial charge in [-0.25, -0.2) is 0 Å². The van der Waals surface area contributed by atoms with Crippen LogP contribution >= 0.6 is 0 Å². The summed E-state index contributed by atoms with van der Waals surface area (Å²) in [5, 5.41) is 13.5. The first-order valence-corrected chi connectivity index (χ1v) is 6.93. The molecule has 1 aliphatic rings. The summed E-state index contributed by atoms with van der Waals surface area (Å²) >= 11 is 0. The van der Waals surface area contributed by atoms with E-state index in [1.165, 1.54) is 5.56 Å². The van der Waals surface area contributed by atoms with Crippen molar-refractivity contribution >= 4 is 0 Å². The SMILES string of the molecule is CC(CNC1CCc2c(O)cccc21)C(C)(C)C. The number of hydrogen-bond acceptors (Lipinski definition) is 2. The second kappa shape index (κ2) is 4.93. The van der Waals surface area contributed by atoms with E-state index in [0.29, 0.717) is 23.1 Å². The normalized spacial score (nSPS) is 20.8. The summed E-state index contributed by atoms with van der Waals surface area (Å²) in [5.41, 5.74) is 2.77. The van der Waals surface area contributed by atoms with Gasteiger partial charge in [-0.3, -0.25) is 0 Å². The van der Waals surface area contributed by atoms with E-state index in [2.05, 4.69) is 39.1 Å². The Labute approximate surface area is 110 Å². The molecule has 0 amide bonds. The van der Waals surface area contributed by atoms with Crippen LogP contribution in [0.15, 0.2) is 18.2 Å². The molecule has 0 aliphatic heterocycles. The third kappa shape index (κ3) is 2.69. The van der Waals surface area contributed by atoms with Crippen LogP contribution < -0.4 is 5.32 Å². The van der Waals surface area contributed by atoms with Crippen LogP contribution in [0.5, 0.6) is 5.75 Å². The second-order valence-electron chi connectivity index (χ2n) is 6.61. The zero-order valence-electron chi connectivity index (χ0n) is 12.0. The van der Waals surface area contributed by atoms with Gasteiger partial charge in [-0.05, 0) is 47.9 Å². The molecule has 100 valence electrons. The maximum Gasteiger partial charge on any atom is 0.119 e. The molecule has 0 spiro atoms. The molecule has 1 aliphatic carbocycles. The molecular weight excluding hydrogens is 222 g/mol. The highest BCUT2D eigenvalue weighted by Gasteiger charge is 2.26. The maximum absolute atomic E-state index is 9.83. The minimum Gasteiger partial charge on any atom is -0.508 e. The Morgan fingerprint density at radius 2 is 2.11 bits per heavy atom. The molecule has 0 aromatic heterocycles. The Bertz CT molecular complexity index is 420. The summed E-state index contributed by atoms with van der Waals surface area (Å²) in [6.45, 7) is 10.2. The molecule has 0 radical (unpaired) electrons. The van der Waals surface area contributed by atoms with E-state index in [1.807, 2.05) is 6.07 Å². The van der Waals surface area contributed by atoms with E-state index in [4.69, 9.17) is 0 Å². The van der Waals surface area contributed by atoms with Gasteiger partial charge >= 0.3 is 0 Å².